The number of hydrogen-bond acceptors (Lipinski definition) is 5. The van der Waals surface area contributed by atoms with E-state index in [1.807, 2.05) is 19.3 Å². The zero-order valence-corrected chi connectivity index (χ0v) is 25.8. The quantitative estimate of drug-likeness (QED) is 0.244. The van der Waals surface area contributed by atoms with Crippen molar-refractivity contribution in [2.45, 2.75) is 86.5 Å². The van der Waals surface area contributed by atoms with E-state index in [-0.39, 0.29) is 26.5 Å². The van der Waals surface area contributed by atoms with Gasteiger partial charge in [-0.15, -0.1) is 0 Å². The van der Waals surface area contributed by atoms with Crippen molar-refractivity contribution in [1.29, 1.82) is 0 Å². The van der Waals surface area contributed by atoms with Crippen LogP contribution in [0.2, 0.25) is 0 Å². The van der Waals surface area contributed by atoms with Gasteiger partial charge in [0.05, 0.1) is 23.8 Å². The fraction of sp³-hybridized carbons (Fsp3) is 0.483. The second-order valence-corrected chi connectivity index (χ2v) is 10.9. The smallest absolute Gasteiger partial charge is 0.573 e. The summed E-state index contributed by atoms with van der Waals surface area (Å²) in [7, 11) is 0. The van der Waals surface area contributed by atoms with Gasteiger partial charge in [0.1, 0.15) is 0 Å². The molecule has 4 rings (SSSR count). The summed E-state index contributed by atoms with van der Waals surface area (Å²) in [5.74, 6) is 0.857. The number of nitrogens with zero attached hydrogens (tertiary/aromatic N) is 7. The fourth-order valence-electron chi connectivity index (χ4n) is 4.11. The Kier molecular flexibility index (Phi) is 10.9. The van der Waals surface area contributed by atoms with Crippen molar-refractivity contribution in [3.05, 3.63) is 65.0 Å². The predicted octanol–water partition coefficient (Wildman–Crippen LogP) is 6.08. The third kappa shape index (κ3) is 7.67. The maximum absolute atomic E-state index is 4.79. The van der Waals surface area contributed by atoms with Gasteiger partial charge in [0.15, 0.2) is 0 Å². The van der Waals surface area contributed by atoms with E-state index in [0.717, 1.165) is 52.6 Å². The zero-order valence-electron chi connectivity index (χ0n) is 23.5. The molecule has 0 saturated carbocycles. The predicted molar refractivity (Wildman–Crippen MR) is 145 cm³/mol. The summed E-state index contributed by atoms with van der Waals surface area (Å²) in [4.78, 5) is 13.1. The maximum atomic E-state index is 4.79. The third-order valence-electron chi connectivity index (χ3n) is 6.08. The number of pyridine rings is 1. The zero-order chi connectivity index (χ0) is 26.5. The first-order valence-electron chi connectivity index (χ1n) is 12.8. The topological polar surface area (TPSA) is 92.7 Å². The van der Waals surface area contributed by atoms with E-state index < -0.39 is 0 Å². The minimum absolute atomic E-state index is 0. The molecule has 0 N–H and O–H groups in total. The van der Waals surface area contributed by atoms with Gasteiger partial charge in [-0.2, -0.15) is 0 Å². The van der Waals surface area contributed by atoms with Gasteiger partial charge in [0.25, 0.3) is 0 Å². The number of hydrogen-bond donors (Lipinski definition) is 0. The van der Waals surface area contributed by atoms with Gasteiger partial charge in [0, 0.05) is 23.8 Å². The minimum atomic E-state index is 0. The molecule has 0 aliphatic carbocycles. The molecule has 0 aliphatic heterocycles. The van der Waals surface area contributed by atoms with E-state index in [0.29, 0.717) is 11.8 Å². The number of rotatable bonds is 6. The van der Waals surface area contributed by atoms with Crippen LogP contribution in [-0.4, -0.2) is 25.1 Å². The van der Waals surface area contributed by atoms with Crippen molar-refractivity contribution in [3.8, 4) is 22.8 Å². The summed E-state index contributed by atoms with van der Waals surface area (Å²) in [6.45, 7) is 19.4. The van der Waals surface area contributed by atoms with Crippen LogP contribution in [0.4, 0.5) is 0 Å². The molecule has 0 saturated heterocycles. The van der Waals surface area contributed by atoms with E-state index in [2.05, 4.69) is 97.9 Å². The Morgan fingerprint density at radius 1 is 0.838 bits per heavy atom. The van der Waals surface area contributed by atoms with Crippen LogP contribution in [0.3, 0.4) is 0 Å². The van der Waals surface area contributed by atoms with Gasteiger partial charge in [-0.3, -0.25) is 9.97 Å². The molecule has 8 heteroatoms. The van der Waals surface area contributed by atoms with Crippen LogP contribution in [0, 0.1) is 12.8 Å². The molecule has 0 unspecified atom stereocenters. The van der Waals surface area contributed by atoms with Crippen LogP contribution in [0.1, 0.15) is 89.4 Å². The standard InChI is InChI=1S/C20H26N6.C9H13N.Pt/c1-7-14-13(6)19(25-23-14)16-9-21-10-17(22-16)20-18(12(4)5)15(24-26-20)8-11(2)3;1-9(2,3)8-4-6-10-7-5-8;/h9-12H,7-8H2,1-6H3;4-7H,1-3H3;/q-2;;+2. The normalized spacial score (nSPS) is 11.3. The second-order valence-electron chi connectivity index (χ2n) is 10.9. The Hall–Kier alpha value is -2.66. The van der Waals surface area contributed by atoms with Crippen LogP contribution < -0.4 is 10.2 Å². The molecule has 0 radical (unpaired) electrons. The van der Waals surface area contributed by atoms with Crippen molar-refractivity contribution < 1.29 is 21.1 Å². The van der Waals surface area contributed by atoms with Crippen molar-refractivity contribution in [3.63, 3.8) is 0 Å². The van der Waals surface area contributed by atoms with Gasteiger partial charge in [-0.25, -0.2) is 4.98 Å². The molecular weight excluding hydrogens is 641 g/mol. The molecular formula is C29H39N7Pt. The van der Waals surface area contributed by atoms with Crippen LogP contribution in [0.15, 0.2) is 36.9 Å². The van der Waals surface area contributed by atoms with E-state index in [4.69, 9.17) is 4.98 Å². The second kappa shape index (κ2) is 13.2. The molecule has 0 bridgehead atoms. The molecule has 0 fully saturated rings. The molecule has 0 atom stereocenters. The summed E-state index contributed by atoms with van der Waals surface area (Å²) in [5, 5.41) is 17.5. The minimum Gasteiger partial charge on any atom is -0.573 e. The van der Waals surface area contributed by atoms with E-state index in [1.165, 1.54) is 11.1 Å². The van der Waals surface area contributed by atoms with Crippen molar-refractivity contribution in [2.75, 3.05) is 0 Å². The monoisotopic (exact) mass is 680 g/mol. The Balaban J connectivity index is 0.000000369. The summed E-state index contributed by atoms with van der Waals surface area (Å²) in [6.07, 6.45) is 8.93. The maximum Gasteiger partial charge on any atom is 2.00 e. The SMILES string of the molecule is CC(C)(C)c1ccncc1.CCc1n[n-]c(-c2cncc(-c3[n-]nc(CC(C)C)c3C(C)C)n2)c1C.[Pt+2]. The molecule has 200 valence electrons. The van der Waals surface area contributed by atoms with Crippen molar-refractivity contribution >= 4 is 0 Å². The van der Waals surface area contributed by atoms with Gasteiger partial charge < -0.3 is 20.4 Å². The molecule has 4 heterocycles. The van der Waals surface area contributed by atoms with Gasteiger partial charge in [-0.05, 0) is 65.8 Å². The van der Waals surface area contributed by atoms with E-state index >= 15 is 0 Å². The number of aryl methyl sites for hydroxylation is 1. The van der Waals surface area contributed by atoms with Crippen LogP contribution >= 0.6 is 0 Å². The summed E-state index contributed by atoms with van der Waals surface area (Å²) in [5.41, 5.74) is 9.00. The molecule has 4 aromatic heterocycles. The van der Waals surface area contributed by atoms with Crippen molar-refractivity contribution in [2.24, 2.45) is 5.92 Å². The molecule has 4 aromatic rings. The first-order chi connectivity index (χ1) is 17.0. The van der Waals surface area contributed by atoms with Gasteiger partial charge in [0.2, 0.25) is 0 Å². The van der Waals surface area contributed by atoms with Crippen LogP contribution in [0.5, 0.6) is 0 Å². The molecule has 0 aromatic carbocycles. The first-order valence-corrected chi connectivity index (χ1v) is 12.8. The summed E-state index contributed by atoms with van der Waals surface area (Å²) < 4.78 is 0. The molecule has 7 nitrogen and oxygen atoms in total. The molecule has 37 heavy (non-hydrogen) atoms. The Morgan fingerprint density at radius 2 is 1.41 bits per heavy atom. The number of aromatic nitrogens is 7. The van der Waals surface area contributed by atoms with Crippen LogP contribution in [-0.2, 0) is 39.3 Å². The van der Waals surface area contributed by atoms with E-state index in [1.54, 1.807) is 12.4 Å². The molecule has 0 amide bonds. The molecule has 0 aliphatic rings. The Bertz CT molecular complexity index is 1250. The van der Waals surface area contributed by atoms with Crippen molar-refractivity contribution in [1.82, 2.24) is 35.3 Å². The van der Waals surface area contributed by atoms with E-state index in [9.17, 15) is 0 Å². The summed E-state index contributed by atoms with van der Waals surface area (Å²) in [6, 6.07) is 4.11. The van der Waals surface area contributed by atoms with Gasteiger partial charge in [-0.1, -0.05) is 66.8 Å². The Labute approximate surface area is 236 Å². The van der Waals surface area contributed by atoms with Crippen LogP contribution in [0.25, 0.3) is 22.8 Å². The fourth-order valence-corrected chi connectivity index (χ4v) is 4.11. The first kappa shape index (κ1) is 30.6. The third-order valence-corrected chi connectivity index (χ3v) is 6.08. The van der Waals surface area contributed by atoms with Gasteiger partial charge >= 0.3 is 21.1 Å². The molecule has 0 spiro atoms. The average Bonchev–Trinajstić information content (AvgIpc) is 3.42. The Morgan fingerprint density at radius 3 is 1.89 bits per heavy atom. The largest absolute Gasteiger partial charge is 2.00 e. The average molecular weight is 681 g/mol. The summed E-state index contributed by atoms with van der Waals surface area (Å²) >= 11 is 0.